The molecular formula is C24H37N3O4. The maximum atomic E-state index is 12.1. The summed E-state index contributed by atoms with van der Waals surface area (Å²) in [5, 5.41) is 5.44. The van der Waals surface area contributed by atoms with Crippen molar-refractivity contribution in [3.05, 3.63) is 48.6 Å². The van der Waals surface area contributed by atoms with Crippen molar-refractivity contribution in [2.75, 3.05) is 6.54 Å². The molecule has 0 bridgehead atoms. The lowest BCUT2D eigenvalue weighted by atomic mass is 10.1. The number of nitrogens with two attached hydrogens (primary N) is 1. The molecule has 172 valence electrons. The predicted octanol–water partition coefficient (Wildman–Crippen LogP) is 3.97. The minimum absolute atomic E-state index is 0.161. The molecule has 0 aromatic heterocycles. The Kier molecular flexibility index (Phi) is 14.3. The summed E-state index contributed by atoms with van der Waals surface area (Å²) in [6, 6.07) is 8.88. The van der Waals surface area contributed by atoms with Crippen LogP contribution < -0.4 is 16.4 Å². The van der Waals surface area contributed by atoms with E-state index in [1.807, 2.05) is 36.4 Å². The van der Waals surface area contributed by atoms with Crippen LogP contribution in [0.25, 0.3) is 0 Å². The Morgan fingerprint density at radius 1 is 1.00 bits per heavy atom. The Balaban J connectivity index is 2.06. The summed E-state index contributed by atoms with van der Waals surface area (Å²) in [6.45, 7) is 4.43. The number of amides is 3. The second-order valence-electron chi connectivity index (χ2n) is 7.60. The lowest BCUT2D eigenvalue weighted by molar-refractivity contribution is -0.127. The minimum Gasteiger partial charge on any atom is -0.445 e. The molecule has 0 saturated carbocycles. The highest BCUT2D eigenvalue weighted by Crippen LogP contribution is 2.08. The van der Waals surface area contributed by atoms with Crippen molar-refractivity contribution in [3.63, 3.8) is 0 Å². The Labute approximate surface area is 185 Å². The van der Waals surface area contributed by atoms with E-state index in [4.69, 9.17) is 10.5 Å². The summed E-state index contributed by atoms with van der Waals surface area (Å²) < 4.78 is 5.14. The average Bonchev–Trinajstić information content (AvgIpc) is 2.76. The molecule has 0 unspecified atom stereocenters. The Hall–Kier alpha value is -2.83. The zero-order chi connectivity index (χ0) is 22.7. The van der Waals surface area contributed by atoms with Crippen molar-refractivity contribution in [1.82, 2.24) is 10.6 Å². The zero-order valence-electron chi connectivity index (χ0n) is 18.4. The summed E-state index contributed by atoms with van der Waals surface area (Å²) in [5.74, 6) is -0.650. The molecule has 1 atom stereocenters. The van der Waals surface area contributed by atoms with E-state index in [0.29, 0.717) is 25.8 Å². The van der Waals surface area contributed by atoms with Gasteiger partial charge in [0, 0.05) is 13.0 Å². The largest absolute Gasteiger partial charge is 0.445 e. The first-order valence-electron chi connectivity index (χ1n) is 11.2. The number of alkyl carbamates (subject to hydrolysis) is 1. The van der Waals surface area contributed by atoms with Crippen molar-refractivity contribution >= 4 is 17.9 Å². The van der Waals surface area contributed by atoms with Gasteiger partial charge >= 0.3 is 6.09 Å². The third-order valence-corrected chi connectivity index (χ3v) is 4.89. The van der Waals surface area contributed by atoms with Gasteiger partial charge in [-0.25, -0.2) is 4.79 Å². The lowest BCUT2D eigenvalue weighted by Crippen LogP contribution is -2.44. The van der Waals surface area contributed by atoms with E-state index < -0.39 is 18.0 Å². The molecule has 4 N–H and O–H groups in total. The van der Waals surface area contributed by atoms with Crippen molar-refractivity contribution in [1.29, 1.82) is 0 Å². The number of carbonyl (C=O) groups excluding carboxylic acids is 3. The van der Waals surface area contributed by atoms with Crippen LogP contribution in [0, 0.1) is 0 Å². The molecule has 0 spiro atoms. The van der Waals surface area contributed by atoms with Crippen LogP contribution in [-0.4, -0.2) is 30.5 Å². The second kappa shape index (κ2) is 16.9. The number of primary amides is 1. The van der Waals surface area contributed by atoms with E-state index in [-0.39, 0.29) is 12.5 Å². The van der Waals surface area contributed by atoms with E-state index in [9.17, 15) is 14.4 Å². The summed E-state index contributed by atoms with van der Waals surface area (Å²) >= 11 is 0. The lowest BCUT2D eigenvalue weighted by Gasteiger charge is -2.15. The molecule has 0 aliphatic carbocycles. The molecule has 31 heavy (non-hydrogen) atoms. The standard InChI is InChI=1S/C24H37N3O4/c1-2-3-4-5-6-11-16-21(23(25)29)27-22(28)17-12-8-13-18-26-24(30)31-19-20-14-9-7-10-15-20/h2,7,9-10,14-15,21H,1,3-6,8,11-13,16-19H2,(H2,25,29)(H,26,30)(H,27,28)/t21-/m1/s1. The predicted molar refractivity (Wildman–Crippen MR) is 122 cm³/mol. The third kappa shape index (κ3) is 13.9. The van der Waals surface area contributed by atoms with Crippen LogP contribution in [0.1, 0.15) is 69.8 Å². The van der Waals surface area contributed by atoms with Gasteiger partial charge in [0.2, 0.25) is 11.8 Å². The Bertz CT molecular complexity index is 664. The third-order valence-electron chi connectivity index (χ3n) is 4.89. The highest BCUT2D eigenvalue weighted by Gasteiger charge is 2.17. The van der Waals surface area contributed by atoms with Gasteiger partial charge in [-0.2, -0.15) is 0 Å². The van der Waals surface area contributed by atoms with E-state index in [1.54, 1.807) is 0 Å². The van der Waals surface area contributed by atoms with Gasteiger partial charge in [0.15, 0.2) is 0 Å². The van der Waals surface area contributed by atoms with Crippen molar-refractivity contribution in [2.24, 2.45) is 5.73 Å². The van der Waals surface area contributed by atoms with E-state index >= 15 is 0 Å². The molecule has 0 fully saturated rings. The van der Waals surface area contributed by atoms with Crippen molar-refractivity contribution in [3.8, 4) is 0 Å². The van der Waals surface area contributed by atoms with E-state index in [1.165, 1.54) is 0 Å². The maximum Gasteiger partial charge on any atom is 0.407 e. The van der Waals surface area contributed by atoms with Crippen LogP contribution in [0.5, 0.6) is 0 Å². The number of benzene rings is 1. The smallest absolute Gasteiger partial charge is 0.407 e. The second-order valence-corrected chi connectivity index (χ2v) is 7.60. The fourth-order valence-corrected chi connectivity index (χ4v) is 3.09. The fourth-order valence-electron chi connectivity index (χ4n) is 3.09. The van der Waals surface area contributed by atoms with Gasteiger partial charge < -0.3 is 21.1 Å². The SMILES string of the molecule is C=CCCCCCC[C@@H](NC(=O)CCCCCNC(=O)OCc1ccccc1)C(N)=O. The highest BCUT2D eigenvalue weighted by molar-refractivity contribution is 5.86. The minimum atomic E-state index is -0.604. The number of nitrogens with one attached hydrogen (secondary N) is 2. The molecule has 0 heterocycles. The van der Waals surface area contributed by atoms with Crippen LogP contribution >= 0.6 is 0 Å². The molecule has 0 aliphatic rings. The molecule has 0 radical (unpaired) electrons. The normalized spacial score (nSPS) is 11.4. The zero-order valence-corrected chi connectivity index (χ0v) is 18.4. The van der Waals surface area contributed by atoms with E-state index in [0.717, 1.165) is 50.5 Å². The monoisotopic (exact) mass is 431 g/mol. The molecule has 1 aromatic carbocycles. The summed E-state index contributed by atoms with van der Waals surface area (Å²) in [4.78, 5) is 35.3. The van der Waals surface area contributed by atoms with Gasteiger partial charge in [-0.05, 0) is 37.7 Å². The van der Waals surface area contributed by atoms with Gasteiger partial charge in [-0.15, -0.1) is 6.58 Å². The van der Waals surface area contributed by atoms with Gasteiger partial charge in [0.05, 0.1) is 0 Å². The van der Waals surface area contributed by atoms with Crippen LogP contribution in [0.2, 0.25) is 0 Å². The molecule has 1 aromatic rings. The van der Waals surface area contributed by atoms with Gasteiger partial charge in [-0.3, -0.25) is 9.59 Å². The number of rotatable bonds is 17. The van der Waals surface area contributed by atoms with Crippen LogP contribution in [0.3, 0.4) is 0 Å². The number of hydrogen-bond acceptors (Lipinski definition) is 4. The van der Waals surface area contributed by atoms with Gasteiger partial charge in [-0.1, -0.05) is 62.1 Å². The number of unbranched alkanes of at least 4 members (excludes halogenated alkanes) is 6. The topological polar surface area (TPSA) is 111 Å². The van der Waals surface area contributed by atoms with Crippen molar-refractivity contribution < 1.29 is 19.1 Å². The summed E-state index contributed by atoms with van der Waals surface area (Å²) in [6.07, 6.45) is 9.62. The molecular weight excluding hydrogens is 394 g/mol. The first kappa shape index (κ1) is 26.2. The quantitative estimate of drug-likeness (QED) is 0.256. The first-order valence-corrected chi connectivity index (χ1v) is 11.2. The molecule has 0 aliphatic heterocycles. The number of allylic oxidation sites excluding steroid dienone is 1. The fraction of sp³-hybridized carbons (Fsp3) is 0.542. The maximum absolute atomic E-state index is 12.1. The van der Waals surface area contributed by atoms with Gasteiger partial charge in [0.1, 0.15) is 12.6 Å². The summed E-state index contributed by atoms with van der Waals surface area (Å²) in [7, 11) is 0. The van der Waals surface area contributed by atoms with Crippen LogP contribution in [-0.2, 0) is 20.9 Å². The molecule has 0 saturated heterocycles. The average molecular weight is 432 g/mol. The van der Waals surface area contributed by atoms with Crippen LogP contribution in [0.15, 0.2) is 43.0 Å². The number of hydrogen-bond donors (Lipinski definition) is 3. The molecule has 7 nitrogen and oxygen atoms in total. The molecule has 7 heteroatoms. The van der Waals surface area contributed by atoms with Crippen LogP contribution in [0.4, 0.5) is 4.79 Å². The van der Waals surface area contributed by atoms with Crippen molar-refractivity contribution in [2.45, 2.75) is 76.9 Å². The van der Waals surface area contributed by atoms with E-state index in [2.05, 4.69) is 17.2 Å². The summed E-state index contributed by atoms with van der Waals surface area (Å²) in [5.41, 5.74) is 6.35. The number of ether oxygens (including phenoxy) is 1. The van der Waals surface area contributed by atoms with Gasteiger partial charge in [0.25, 0.3) is 0 Å². The number of carbonyl (C=O) groups is 3. The molecule has 1 rings (SSSR count). The molecule has 3 amide bonds. The highest BCUT2D eigenvalue weighted by atomic mass is 16.5. The Morgan fingerprint density at radius 2 is 1.71 bits per heavy atom. The Morgan fingerprint density at radius 3 is 2.42 bits per heavy atom. The first-order chi connectivity index (χ1) is 15.0.